The zero-order valence-electron chi connectivity index (χ0n) is 10.9. The topological polar surface area (TPSA) is 79.3 Å². The summed E-state index contributed by atoms with van der Waals surface area (Å²) in [6, 6.07) is 3.08. The molecular formula is C13H18N2O3S. The number of rotatable bonds is 8. The highest BCUT2D eigenvalue weighted by atomic mass is 32.2. The molecule has 104 valence electrons. The van der Waals surface area contributed by atoms with Crippen molar-refractivity contribution in [2.45, 2.75) is 26.3 Å². The Morgan fingerprint density at radius 2 is 2.21 bits per heavy atom. The van der Waals surface area contributed by atoms with Gasteiger partial charge in [-0.1, -0.05) is 19.4 Å². The Morgan fingerprint density at radius 3 is 2.79 bits per heavy atom. The molecule has 0 spiro atoms. The van der Waals surface area contributed by atoms with Crippen molar-refractivity contribution in [1.29, 1.82) is 0 Å². The number of aromatic carboxylic acids is 1. The van der Waals surface area contributed by atoms with Crippen molar-refractivity contribution < 1.29 is 14.7 Å². The first-order chi connectivity index (χ1) is 9.13. The lowest BCUT2D eigenvalue weighted by Crippen LogP contribution is -2.24. The minimum Gasteiger partial charge on any atom is -0.477 e. The first-order valence-corrected chi connectivity index (χ1v) is 7.31. The third-order valence-electron chi connectivity index (χ3n) is 2.41. The molecule has 0 unspecified atom stereocenters. The van der Waals surface area contributed by atoms with Crippen molar-refractivity contribution in [3.8, 4) is 0 Å². The van der Waals surface area contributed by atoms with Gasteiger partial charge in [-0.25, -0.2) is 9.78 Å². The number of pyridine rings is 1. The van der Waals surface area contributed by atoms with Crippen LogP contribution in [0.2, 0.25) is 0 Å². The average molecular weight is 282 g/mol. The number of carbonyl (C=O) groups is 2. The van der Waals surface area contributed by atoms with Crippen LogP contribution in [0.4, 0.5) is 0 Å². The molecule has 5 nitrogen and oxygen atoms in total. The molecule has 1 rings (SSSR count). The van der Waals surface area contributed by atoms with E-state index in [1.54, 1.807) is 17.8 Å². The van der Waals surface area contributed by atoms with E-state index in [2.05, 4.69) is 17.2 Å². The molecule has 0 saturated heterocycles. The van der Waals surface area contributed by atoms with Crippen LogP contribution < -0.4 is 5.32 Å². The van der Waals surface area contributed by atoms with E-state index < -0.39 is 5.97 Å². The van der Waals surface area contributed by atoms with Crippen LogP contribution in [0, 0.1) is 0 Å². The Balaban J connectivity index is 2.28. The van der Waals surface area contributed by atoms with Gasteiger partial charge in [0.2, 0.25) is 5.91 Å². The van der Waals surface area contributed by atoms with E-state index in [-0.39, 0.29) is 11.6 Å². The lowest BCUT2D eigenvalue weighted by atomic mass is 10.2. The molecule has 0 fully saturated rings. The van der Waals surface area contributed by atoms with Gasteiger partial charge in [0.15, 0.2) is 0 Å². The maximum atomic E-state index is 11.5. The van der Waals surface area contributed by atoms with E-state index in [1.807, 2.05) is 0 Å². The van der Waals surface area contributed by atoms with Crippen molar-refractivity contribution >= 4 is 23.6 Å². The fourth-order valence-electron chi connectivity index (χ4n) is 1.32. The largest absolute Gasteiger partial charge is 0.477 e. The lowest BCUT2D eigenvalue weighted by molar-refractivity contribution is -0.118. The summed E-state index contributed by atoms with van der Waals surface area (Å²) in [6.45, 7) is 2.49. The smallest absolute Gasteiger partial charge is 0.354 e. The molecule has 0 aliphatic carbocycles. The van der Waals surface area contributed by atoms with Crippen LogP contribution in [0.1, 0.15) is 35.8 Å². The minimum absolute atomic E-state index is 0.00481. The van der Waals surface area contributed by atoms with Crippen LogP contribution in [0.15, 0.2) is 18.3 Å². The molecule has 0 saturated carbocycles. The third-order valence-corrected chi connectivity index (χ3v) is 3.45. The van der Waals surface area contributed by atoms with Crippen LogP contribution in [0.5, 0.6) is 0 Å². The summed E-state index contributed by atoms with van der Waals surface area (Å²) in [6.07, 6.45) is 3.72. The highest BCUT2D eigenvalue weighted by Crippen LogP contribution is 2.04. The highest BCUT2D eigenvalue weighted by Gasteiger charge is 2.05. The van der Waals surface area contributed by atoms with Gasteiger partial charge in [-0.05, 0) is 23.8 Å². The van der Waals surface area contributed by atoms with E-state index >= 15 is 0 Å². The normalized spacial score (nSPS) is 10.2. The molecule has 6 heteroatoms. The number of nitrogens with one attached hydrogen (secondary N) is 1. The number of hydrogen-bond acceptors (Lipinski definition) is 4. The van der Waals surface area contributed by atoms with Gasteiger partial charge < -0.3 is 10.4 Å². The van der Waals surface area contributed by atoms with Gasteiger partial charge in [0, 0.05) is 12.7 Å². The van der Waals surface area contributed by atoms with E-state index in [1.165, 1.54) is 12.3 Å². The molecule has 1 amide bonds. The van der Waals surface area contributed by atoms with E-state index in [0.29, 0.717) is 12.3 Å². The molecule has 1 aromatic rings. The van der Waals surface area contributed by atoms with Gasteiger partial charge in [0.1, 0.15) is 5.69 Å². The predicted octanol–water partition coefficient (Wildman–Crippen LogP) is 1.93. The number of carboxylic acids is 1. The molecule has 0 aromatic carbocycles. The average Bonchev–Trinajstić information content (AvgIpc) is 2.42. The van der Waals surface area contributed by atoms with Gasteiger partial charge in [-0.15, -0.1) is 0 Å². The third kappa shape index (κ3) is 6.24. The van der Waals surface area contributed by atoms with Gasteiger partial charge >= 0.3 is 5.97 Å². The molecule has 1 aromatic heterocycles. The molecule has 2 N–H and O–H groups in total. The molecule has 0 aliphatic heterocycles. The van der Waals surface area contributed by atoms with Crippen molar-refractivity contribution in [2.75, 3.05) is 11.5 Å². The standard InChI is InChI=1S/C13H18N2O3S/c1-2-3-6-19-9-12(16)15-8-10-4-5-11(13(17)18)14-7-10/h4-5,7H,2-3,6,8-9H2,1H3,(H,15,16)(H,17,18). The Morgan fingerprint density at radius 1 is 1.42 bits per heavy atom. The zero-order valence-corrected chi connectivity index (χ0v) is 11.7. The molecule has 0 aliphatic rings. The van der Waals surface area contributed by atoms with Crippen LogP contribution in [-0.2, 0) is 11.3 Å². The highest BCUT2D eigenvalue weighted by molar-refractivity contribution is 7.99. The molecular weight excluding hydrogens is 264 g/mol. The second-order valence-electron chi connectivity index (χ2n) is 4.04. The number of hydrogen-bond donors (Lipinski definition) is 2. The van der Waals surface area contributed by atoms with Crippen molar-refractivity contribution in [3.05, 3.63) is 29.6 Å². The summed E-state index contributed by atoms with van der Waals surface area (Å²) >= 11 is 1.62. The van der Waals surface area contributed by atoms with E-state index in [4.69, 9.17) is 5.11 Å². The molecule has 19 heavy (non-hydrogen) atoms. The number of nitrogens with zero attached hydrogens (tertiary/aromatic N) is 1. The number of aromatic nitrogens is 1. The van der Waals surface area contributed by atoms with Gasteiger partial charge in [-0.3, -0.25) is 4.79 Å². The molecule has 0 atom stereocenters. The van der Waals surface area contributed by atoms with Crippen LogP contribution >= 0.6 is 11.8 Å². The number of thioether (sulfide) groups is 1. The molecule has 0 radical (unpaired) electrons. The van der Waals surface area contributed by atoms with Crippen molar-refractivity contribution in [2.24, 2.45) is 0 Å². The Labute approximate surface area is 116 Å². The Bertz CT molecular complexity index is 420. The van der Waals surface area contributed by atoms with E-state index in [9.17, 15) is 9.59 Å². The number of carboxylic acid groups (broad SMARTS) is 1. The molecule has 0 bridgehead atoms. The zero-order chi connectivity index (χ0) is 14.1. The Kier molecular flexibility index (Phi) is 6.95. The summed E-state index contributed by atoms with van der Waals surface area (Å²) in [4.78, 5) is 25.9. The van der Waals surface area contributed by atoms with Gasteiger partial charge in [0.05, 0.1) is 5.75 Å². The van der Waals surface area contributed by atoms with Crippen molar-refractivity contribution in [1.82, 2.24) is 10.3 Å². The molecule has 1 heterocycles. The maximum Gasteiger partial charge on any atom is 0.354 e. The van der Waals surface area contributed by atoms with Crippen LogP contribution in [-0.4, -0.2) is 33.5 Å². The maximum absolute atomic E-state index is 11.5. The van der Waals surface area contributed by atoms with E-state index in [0.717, 1.165) is 24.2 Å². The summed E-state index contributed by atoms with van der Waals surface area (Å²) in [7, 11) is 0. The number of unbranched alkanes of at least 4 members (excludes halogenated alkanes) is 1. The fourth-order valence-corrected chi connectivity index (χ4v) is 2.24. The first-order valence-electron chi connectivity index (χ1n) is 6.16. The number of amides is 1. The van der Waals surface area contributed by atoms with Crippen molar-refractivity contribution in [3.63, 3.8) is 0 Å². The quantitative estimate of drug-likeness (QED) is 0.712. The predicted molar refractivity (Wildman–Crippen MR) is 75.3 cm³/mol. The summed E-state index contributed by atoms with van der Waals surface area (Å²) < 4.78 is 0. The Hall–Kier alpha value is -1.56. The summed E-state index contributed by atoms with van der Waals surface area (Å²) in [5.74, 6) is 0.394. The second-order valence-corrected chi connectivity index (χ2v) is 5.14. The van der Waals surface area contributed by atoms with Gasteiger partial charge in [-0.2, -0.15) is 11.8 Å². The lowest BCUT2D eigenvalue weighted by Gasteiger charge is -2.05. The van der Waals surface area contributed by atoms with Crippen LogP contribution in [0.25, 0.3) is 0 Å². The SMILES string of the molecule is CCCCSCC(=O)NCc1ccc(C(=O)O)nc1. The minimum atomic E-state index is -1.05. The summed E-state index contributed by atoms with van der Waals surface area (Å²) in [5.41, 5.74) is 0.794. The fraction of sp³-hybridized carbons (Fsp3) is 0.462. The monoisotopic (exact) mass is 282 g/mol. The second kappa shape index (κ2) is 8.53. The number of carbonyl (C=O) groups excluding carboxylic acids is 1. The van der Waals surface area contributed by atoms with Gasteiger partial charge in [0.25, 0.3) is 0 Å². The van der Waals surface area contributed by atoms with Crippen LogP contribution in [0.3, 0.4) is 0 Å². The first kappa shape index (κ1) is 15.5. The summed E-state index contributed by atoms with van der Waals surface area (Å²) in [5, 5.41) is 11.5.